The number of para-hydroxylation sites is 1. The number of ketones is 1. The first-order valence-electron chi connectivity index (χ1n) is 15.9. The summed E-state index contributed by atoms with van der Waals surface area (Å²) in [6.07, 6.45) is 10.5. The molecule has 1 aromatic carbocycles. The molecule has 42 heavy (non-hydrogen) atoms. The first-order valence-corrected chi connectivity index (χ1v) is 15.9. The Balaban J connectivity index is 1.02. The number of aromatic amines is 1. The number of rotatable bonds is 8. The second-order valence-corrected chi connectivity index (χ2v) is 14.0. The van der Waals surface area contributed by atoms with Crippen LogP contribution in [0.3, 0.4) is 0 Å². The number of H-pyrrole nitrogens is 1. The number of nitrogens with one attached hydrogen (secondary N) is 2. The van der Waals surface area contributed by atoms with E-state index in [0.717, 1.165) is 67.8 Å². The zero-order chi connectivity index (χ0) is 29.6. The molecule has 8 atom stereocenters. The van der Waals surface area contributed by atoms with Crippen LogP contribution in [0.2, 0.25) is 0 Å². The summed E-state index contributed by atoms with van der Waals surface area (Å²) in [5, 5.41) is 13.3. The predicted molar refractivity (Wildman–Crippen MR) is 157 cm³/mol. The topological polar surface area (TPSA) is 126 Å². The van der Waals surface area contributed by atoms with Gasteiger partial charge in [0.15, 0.2) is 0 Å². The van der Waals surface area contributed by atoms with Crippen molar-refractivity contribution in [2.24, 2.45) is 34.5 Å². The lowest BCUT2D eigenvalue weighted by atomic mass is 9.45. The van der Waals surface area contributed by atoms with Crippen molar-refractivity contribution in [2.75, 3.05) is 0 Å². The monoisotopic (exact) mass is 576 g/mol. The zero-order valence-electron chi connectivity index (χ0n) is 24.8. The molecule has 1 aromatic heterocycles. The Bertz CT molecular complexity index is 1380. The smallest absolute Gasteiger partial charge is 0.326 e. The van der Waals surface area contributed by atoms with Crippen molar-refractivity contribution in [1.82, 2.24) is 10.3 Å². The average Bonchev–Trinajstić information content (AvgIpc) is 3.52. The minimum atomic E-state index is -1.11. The Morgan fingerprint density at radius 1 is 1.02 bits per heavy atom. The molecule has 226 valence electrons. The van der Waals surface area contributed by atoms with Gasteiger partial charge in [-0.05, 0) is 85.7 Å². The molecule has 1 amide bonds. The van der Waals surface area contributed by atoms with Gasteiger partial charge in [0.25, 0.3) is 0 Å². The highest BCUT2D eigenvalue weighted by Crippen LogP contribution is 2.66. The van der Waals surface area contributed by atoms with Gasteiger partial charge in [0.05, 0.1) is 6.42 Å². The molecule has 0 unspecified atom stereocenters. The molecule has 0 bridgehead atoms. The van der Waals surface area contributed by atoms with Gasteiger partial charge >= 0.3 is 11.9 Å². The van der Waals surface area contributed by atoms with Crippen LogP contribution in [-0.2, 0) is 30.3 Å². The summed E-state index contributed by atoms with van der Waals surface area (Å²) in [6, 6.07) is 6.55. The van der Waals surface area contributed by atoms with E-state index in [0.29, 0.717) is 29.5 Å². The van der Waals surface area contributed by atoms with Crippen LogP contribution in [0.15, 0.2) is 30.5 Å². The van der Waals surface area contributed by atoms with Gasteiger partial charge in [0.2, 0.25) is 5.91 Å². The Kier molecular flexibility index (Phi) is 7.69. The molecule has 2 aromatic rings. The molecule has 0 aliphatic heterocycles. The normalized spacial score (nSPS) is 34.6. The second-order valence-electron chi connectivity index (χ2n) is 14.0. The Labute approximate surface area is 247 Å². The number of esters is 1. The maximum Gasteiger partial charge on any atom is 0.326 e. The minimum Gasteiger partial charge on any atom is -0.480 e. The lowest BCUT2D eigenvalue weighted by Gasteiger charge is -2.60. The molecular formula is C34H44N2O6. The largest absolute Gasteiger partial charge is 0.480 e. The Morgan fingerprint density at radius 3 is 2.62 bits per heavy atom. The van der Waals surface area contributed by atoms with Crippen molar-refractivity contribution < 1.29 is 29.0 Å². The molecule has 3 N–H and O–H groups in total. The van der Waals surface area contributed by atoms with E-state index < -0.39 is 17.9 Å². The van der Waals surface area contributed by atoms with Crippen LogP contribution in [0.4, 0.5) is 0 Å². The molecule has 8 heteroatoms. The van der Waals surface area contributed by atoms with E-state index in [-0.39, 0.29) is 42.2 Å². The third-order valence-electron chi connectivity index (χ3n) is 12.0. The lowest BCUT2D eigenvalue weighted by molar-refractivity contribution is -0.164. The van der Waals surface area contributed by atoms with E-state index in [2.05, 4.69) is 24.1 Å². The van der Waals surface area contributed by atoms with Crippen LogP contribution < -0.4 is 5.32 Å². The average molecular weight is 577 g/mol. The number of aliphatic carboxylic acids is 1. The minimum absolute atomic E-state index is 0.0551. The summed E-state index contributed by atoms with van der Waals surface area (Å²) in [5.41, 5.74) is 1.92. The number of hydrogen-bond donors (Lipinski definition) is 3. The second kappa shape index (κ2) is 11.2. The molecular weight excluding hydrogens is 532 g/mol. The van der Waals surface area contributed by atoms with Gasteiger partial charge < -0.3 is 20.1 Å². The number of carbonyl (C=O) groups excluding carboxylic acids is 3. The van der Waals surface area contributed by atoms with Gasteiger partial charge in [-0.3, -0.25) is 14.4 Å². The standard InChI is InChI=1S/C34H44N2O6/c1-33-15-13-22(37)18-21(33)7-8-24-25-9-10-29(34(25,2)16-14-26(24)33)42-31(39)12-11-30(38)36-28(32(40)41)17-20-19-35-27-6-4-3-5-23(20)27/h3-6,19,21,24-26,28-29,35H,7-18H2,1-2H3,(H,36,38)(H,40,41)/t21-,24-,25-,26-,28-,29-,33-,34-/m0/s1. The fourth-order valence-electron chi connectivity index (χ4n) is 9.61. The van der Waals surface area contributed by atoms with Gasteiger partial charge in [0.1, 0.15) is 17.9 Å². The molecule has 1 heterocycles. The number of hydrogen-bond acceptors (Lipinski definition) is 5. The van der Waals surface area contributed by atoms with Gasteiger partial charge in [-0.2, -0.15) is 0 Å². The fourth-order valence-corrected chi connectivity index (χ4v) is 9.61. The number of aromatic nitrogens is 1. The summed E-state index contributed by atoms with van der Waals surface area (Å²) in [4.78, 5) is 52.9. The highest BCUT2D eigenvalue weighted by atomic mass is 16.5. The molecule has 0 radical (unpaired) electrons. The number of carboxylic acids is 1. The lowest BCUT2D eigenvalue weighted by Crippen LogP contribution is -2.54. The number of Topliss-reactive ketones (excluding diaryl/α,β-unsaturated/α-hetero) is 1. The van der Waals surface area contributed by atoms with Crippen molar-refractivity contribution >= 4 is 34.5 Å². The highest BCUT2D eigenvalue weighted by Gasteiger charge is 2.61. The summed E-state index contributed by atoms with van der Waals surface area (Å²) in [5.74, 6) is 0.785. The van der Waals surface area contributed by atoms with Crippen molar-refractivity contribution in [1.29, 1.82) is 0 Å². The number of ether oxygens (including phenoxy) is 1. The first-order chi connectivity index (χ1) is 20.1. The fraction of sp³-hybridized carbons (Fsp3) is 0.647. The summed E-state index contributed by atoms with van der Waals surface area (Å²) in [7, 11) is 0. The van der Waals surface area contributed by atoms with Gasteiger partial charge in [-0.1, -0.05) is 32.0 Å². The van der Waals surface area contributed by atoms with Crippen LogP contribution in [0, 0.1) is 34.5 Å². The van der Waals surface area contributed by atoms with Gasteiger partial charge in [-0.25, -0.2) is 4.79 Å². The summed E-state index contributed by atoms with van der Waals surface area (Å²) < 4.78 is 6.06. The molecule has 8 nitrogen and oxygen atoms in total. The highest BCUT2D eigenvalue weighted by molar-refractivity contribution is 5.88. The number of carboxylic acid groups (broad SMARTS) is 1. The van der Waals surface area contributed by atoms with E-state index in [4.69, 9.17) is 4.74 Å². The van der Waals surface area contributed by atoms with Crippen LogP contribution >= 0.6 is 0 Å². The summed E-state index contributed by atoms with van der Waals surface area (Å²) >= 11 is 0. The van der Waals surface area contributed by atoms with Crippen LogP contribution in [0.25, 0.3) is 10.9 Å². The van der Waals surface area contributed by atoms with E-state index in [1.165, 1.54) is 6.42 Å². The van der Waals surface area contributed by atoms with E-state index in [1.807, 2.05) is 24.3 Å². The van der Waals surface area contributed by atoms with Crippen LogP contribution in [-0.4, -0.2) is 45.9 Å². The first kappa shape index (κ1) is 28.9. The van der Waals surface area contributed by atoms with E-state index in [1.54, 1.807) is 6.20 Å². The van der Waals surface area contributed by atoms with Gasteiger partial charge in [-0.15, -0.1) is 0 Å². The molecule has 0 saturated heterocycles. The molecule has 4 saturated carbocycles. The number of benzene rings is 1. The van der Waals surface area contributed by atoms with Gasteiger partial charge in [0, 0.05) is 48.2 Å². The van der Waals surface area contributed by atoms with Crippen LogP contribution in [0.5, 0.6) is 0 Å². The zero-order valence-corrected chi connectivity index (χ0v) is 24.8. The molecule has 4 fully saturated rings. The molecule has 6 rings (SSSR count). The Morgan fingerprint density at radius 2 is 1.81 bits per heavy atom. The quantitative estimate of drug-likeness (QED) is 0.352. The maximum atomic E-state index is 12.9. The molecule has 0 spiro atoms. The van der Waals surface area contributed by atoms with E-state index >= 15 is 0 Å². The SMILES string of the molecule is C[C@]12CCC(=O)C[C@@H]1CC[C@@H]1[C@@H]2CC[C@]2(C)[C@@H](OC(=O)CCC(=O)N[C@@H](Cc3c[nH]c4ccccc34)C(=O)O)CC[C@@H]12. The Hall–Kier alpha value is -3.16. The predicted octanol–water partition coefficient (Wildman–Crippen LogP) is 5.58. The maximum absolute atomic E-state index is 12.9. The summed E-state index contributed by atoms with van der Waals surface area (Å²) in [6.45, 7) is 4.74. The van der Waals surface area contributed by atoms with Crippen molar-refractivity contribution in [3.8, 4) is 0 Å². The van der Waals surface area contributed by atoms with Crippen molar-refractivity contribution in [3.63, 3.8) is 0 Å². The number of carbonyl (C=O) groups is 4. The molecule has 4 aliphatic carbocycles. The van der Waals surface area contributed by atoms with E-state index in [9.17, 15) is 24.3 Å². The third kappa shape index (κ3) is 5.15. The number of amides is 1. The van der Waals surface area contributed by atoms with Crippen molar-refractivity contribution in [3.05, 3.63) is 36.0 Å². The van der Waals surface area contributed by atoms with Crippen molar-refractivity contribution in [2.45, 2.75) is 103 Å². The van der Waals surface area contributed by atoms with Crippen LogP contribution in [0.1, 0.15) is 90.0 Å². The molecule has 4 aliphatic rings. The number of fused-ring (bicyclic) bond motifs is 6. The third-order valence-corrected chi connectivity index (χ3v) is 12.0.